The first kappa shape index (κ1) is 27.0. The molecule has 2 N–H and O–H groups in total. The van der Waals surface area contributed by atoms with Crippen LogP contribution in [0, 0.1) is 17.3 Å². The van der Waals surface area contributed by atoms with Crippen LogP contribution in [0.25, 0.3) is 0 Å². The predicted octanol–water partition coefficient (Wildman–Crippen LogP) is 4.51. The highest BCUT2D eigenvalue weighted by atomic mass is 127. The quantitative estimate of drug-likeness (QED) is 0.181. The summed E-state index contributed by atoms with van der Waals surface area (Å²) in [5.41, 5.74) is 0.358. The van der Waals surface area contributed by atoms with E-state index < -0.39 is 0 Å². The van der Waals surface area contributed by atoms with Crippen molar-refractivity contribution < 1.29 is 4.74 Å². The molecule has 0 spiro atoms. The van der Waals surface area contributed by atoms with E-state index in [2.05, 4.69) is 43.2 Å². The number of guanidine groups is 1. The molecule has 0 radical (unpaired) electrons. The molecule has 172 valence electrons. The minimum atomic E-state index is 0. The van der Waals surface area contributed by atoms with Crippen molar-refractivity contribution in [1.82, 2.24) is 15.5 Å². The number of nitrogens with zero attached hydrogens (tertiary/aromatic N) is 2. The fourth-order valence-corrected chi connectivity index (χ4v) is 4.87. The summed E-state index contributed by atoms with van der Waals surface area (Å²) >= 11 is 0. The van der Waals surface area contributed by atoms with Gasteiger partial charge in [0, 0.05) is 45.9 Å². The summed E-state index contributed by atoms with van der Waals surface area (Å²) in [7, 11) is 0. The Kier molecular flexibility index (Phi) is 13.8. The number of halogens is 1. The number of ether oxygens (including phenoxy) is 1. The van der Waals surface area contributed by atoms with E-state index >= 15 is 0 Å². The molecular formula is C23H47IN4O. The normalized spacial score (nSPS) is 22.5. The summed E-state index contributed by atoms with van der Waals surface area (Å²) in [5.74, 6) is 2.49. The Morgan fingerprint density at radius 1 is 1.17 bits per heavy atom. The molecular weight excluding hydrogens is 475 g/mol. The lowest BCUT2D eigenvalue weighted by atomic mass is 9.83. The van der Waals surface area contributed by atoms with Crippen LogP contribution in [-0.4, -0.2) is 63.3 Å². The van der Waals surface area contributed by atoms with Gasteiger partial charge in [0.05, 0.1) is 0 Å². The highest BCUT2D eigenvalue weighted by Crippen LogP contribution is 2.41. The Bertz CT molecular complexity index is 452. The maximum absolute atomic E-state index is 5.65. The number of hydrogen-bond acceptors (Lipinski definition) is 3. The van der Waals surface area contributed by atoms with E-state index in [1.165, 1.54) is 58.2 Å². The molecule has 2 aliphatic rings. The van der Waals surface area contributed by atoms with Gasteiger partial charge >= 0.3 is 0 Å². The molecule has 6 heteroatoms. The van der Waals surface area contributed by atoms with E-state index in [1.54, 1.807) is 0 Å². The number of hydrogen-bond donors (Lipinski definition) is 2. The van der Waals surface area contributed by atoms with Crippen molar-refractivity contribution in [3.8, 4) is 0 Å². The second kappa shape index (κ2) is 14.8. The molecule has 0 aromatic heterocycles. The van der Waals surface area contributed by atoms with Crippen LogP contribution in [0.1, 0.15) is 72.6 Å². The third-order valence-electron chi connectivity index (χ3n) is 6.35. The molecule has 2 rings (SSSR count). The summed E-state index contributed by atoms with van der Waals surface area (Å²) in [6.07, 6.45) is 9.10. The maximum Gasteiger partial charge on any atom is 0.191 e. The van der Waals surface area contributed by atoms with Gasteiger partial charge in [-0.2, -0.15) is 0 Å². The Hall–Kier alpha value is -0.0800. The van der Waals surface area contributed by atoms with Crippen molar-refractivity contribution in [2.24, 2.45) is 22.2 Å². The molecule has 1 atom stereocenters. The molecule has 29 heavy (non-hydrogen) atoms. The Labute approximate surface area is 197 Å². The minimum absolute atomic E-state index is 0. The van der Waals surface area contributed by atoms with Gasteiger partial charge in [-0.1, -0.05) is 26.7 Å². The molecule has 5 nitrogen and oxygen atoms in total. The van der Waals surface area contributed by atoms with Gasteiger partial charge in [0.15, 0.2) is 5.96 Å². The van der Waals surface area contributed by atoms with E-state index in [0.717, 1.165) is 57.1 Å². The zero-order valence-corrected chi connectivity index (χ0v) is 21.8. The highest BCUT2D eigenvalue weighted by Gasteiger charge is 2.33. The van der Waals surface area contributed by atoms with E-state index in [0.29, 0.717) is 5.41 Å². The first-order valence-corrected chi connectivity index (χ1v) is 11.9. The predicted molar refractivity (Wildman–Crippen MR) is 135 cm³/mol. The number of likely N-dealkylation sites (tertiary alicyclic amines) is 1. The highest BCUT2D eigenvalue weighted by molar-refractivity contribution is 14.0. The van der Waals surface area contributed by atoms with Gasteiger partial charge < -0.3 is 20.3 Å². The molecule has 0 amide bonds. The minimum Gasteiger partial charge on any atom is -0.382 e. The zero-order chi connectivity index (χ0) is 20.2. The number of piperidine rings is 1. The molecule has 1 saturated carbocycles. The van der Waals surface area contributed by atoms with Crippen molar-refractivity contribution in [1.29, 1.82) is 0 Å². The smallest absolute Gasteiger partial charge is 0.191 e. The molecule has 0 aromatic carbocycles. The van der Waals surface area contributed by atoms with Gasteiger partial charge in [-0.25, -0.2) is 0 Å². The van der Waals surface area contributed by atoms with Crippen LogP contribution in [0.5, 0.6) is 0 Å². The third-order valence-corrected chi connectivity index (χ3v) is 6.35. The number of rotatable bonds is 11. The summed E-state index contributed by atoms with van der Waals surface area (Å²) in [6, 6.07) is 0. The Balaban J connectivity index is 0.00000420. The average Bonchev–Trinajstić information content (AvgIpc) is 3.13. The largest absolute Gasteiger partial charge is 0.382 e. The standard InChI is InChI=1S/C23H46N4O.HI/c1-5-24-22(25-16-21-10-9-14-27(18-21)17-20(3)4)26-19-23(11-7-8-12-23)13-15-28-6-2;/h20-21H,5-19H2,1-4H3,(H2,24,25,26);1H. The van der Waals surface area contributed by atoms with E-state index in [-0.39, 0.29) is 24.0 Å². The van der Waals surface area contributed by atoms with E-state index in [9.17, 15) is 0 Å². The topological polar surface area (TPSA) is 48.9 Å². The van der Waals surface area contributed by atoms with Crippen LogP contribution in [0.3, 0.4) is 0 Å². The molecule has 1 aliphatic heterocycles. The van der Waals surface area contributed by atoms with Crippen LogP contribution in [0.15, 0.2) is 4.99 Å². The first-order valence-electron chi connectivity index (χ1n) is 11.9. The van der Waals surface area contributed by atoms with Crippen molar-refractivity contribution >= 4 is 29.9 Å². The fourth-order valence-electron chi connectivity index (χ4n) is 4.87. The maximum atomic E-state index is 5.65. The zero-order valence-electron chi connectivity index (χ0n) is 19.5. The molecule has 1 aliphatic carbocycles. The number of nitrogens with one attached hydrogen (secondary N) is 2. The van der Waals surface area contributed by atoms with Crippen molar-refractivity contribution in [3.63, 3.8) is 0 Å². The summed E-state index contributed by atoms with van der Waals surface area (Å²) < 4.78 is 5.65. The lowest BCUT2D eigenvalue weighted by molar-refractivity contribution is 0.107. The van der Waals surface area contributed by atoms with Gasteiger partial charge in [0.25, 0.3) is 0 Å². The van der Waals surface area contributed by atoms with Crippen LogP contribution in [0.4, 0.5) is 0 Å². The second-order valence-corrected chi connectivity index (χ2v) is 9.39. The van der Waals surface area contributed by atoms with Gasteiger partial charge in [-0.15, -0.1) is 24.0 Å². The SMILES string of the molecule is CCNC(=NCC1(CCOCC)CCCC1)NCC1CCCN(CC(C)C)C1.I. The summed E-state index contributed by atoms with van der Waals surface area (Å²) in [6.45, 7) is 17.2. The van der Waals surface area contributed by atoms with Crippen LogP contribution < -0.4 is 10.6 Å². The second-order valence-electron chi connectivity index (χ2n) is 9.39. The number of aliphatic imine (C=N–C) groups is 1. The molecule has 0 aromatic rings. The monoisotopic (exact) mass is 522 g/mol. The van der Waals surface area contributed by atoms with Crippen LogP contribution >= 0.6 is 24.0 Å². The lowest BCUT2D eigenvalue weighted by Gasteiger charge is -2.34. The molecule has 1 saturated heterocycles. The molecule has 1 unspecified atom stereocenters. The average molecular weight is 523 g/mol. The van der Waals surface area contributed by atoms with Gasteiger partial charge in [0.1, 0.15) is 0 Å². The Morgan fingerprint density at radius 3 is 2.59 bits per heavy atom. The third kappa shape index (κ3) is 10.2. The van der Waals surface area contributed by atoms with Crippen LogP contribution in [-0.2, 0) is 4.74 Å². The first-order chi connectivity index (χ1) is 13.6. The van der Waals surface area contributed by atoms with E-state index in [1.807, 2.05) is 0 Å². The van der Waals surface area contributed by atoms with E-state index in [4.69, 9.17) is 9.73 Å². The summed E-state index contributed by atoms with van der Waals surface area (Å²) in [5, 5.41) is 7.12. The molecule has 2 fully saturated rings. The van der Waals surface area contributed by atoms with Crippen molar-refractivity contribution in [2.45, 2.75) is 72.6 Å². The fraction of sp³-hybridized carbons (Fsp3) is 0.957. The lowest BCUT2D eigenvalue weighted by Crippen LogP contribution is -2.45. The van der Waals surface area contributed by atoms with Gasteiger partial charge in [-0.05, 0) is 69.7 Å². The summed E-state index contributed by atoms with van der Waals surface area (Å²) in [4.78, 5) is 7.67. The molecule has 0 bridgehead atoms. The van der Waals surface area contributed by atoms with Crippen LogP contribution in [0.2, 0.25) is 0 Å². The van der Waals surface area contributed by atoms with Gasteiger partial charge in [-0.3, -0.25) is 4.99 Å². The molecule has 1 heterocycles. The van der Waals surface area contributed by atoms with Gasteiger partial charge in [0.2, 0.25) is 0 Å². The van der Waals surface area contributed by atoms with Crippen molar-refractivity contribution in [2.75, 3.05) is 52.5 Å². The Morgan fingerprint density at radius 2 is 1.93 bits per heavy atom. The van der Waals surface area contributed by atoms with Crippen molar-refractivity contribution in [3.05, 3.63) is 0 Å².